The maximum absolute atomic E-state index is 4.58. The van der Waals surface area contributed by atoms with E-state index in [9.17, 15) is 0 Å². The molecule has 16 heavy (non-hydrogen) atoms. The first-order valence-electron chi connectivity index (χ1n) is 5.81. The van der Waals surface area contributed by atoms with Crippen molar-refractivity contribution in [2.75, 3.05) is 12.4 Å². The van der Waals surface area contributed by atoms with Crippen LogP contribution in [0.15, 0.2) is 6.20 Å². The minimum Gasteiger partial charge on any atom is -0.380 e. The van der Waals surface area contributed by atoms with Crippen molar-refractivity contribution in [2.45, 2.75) is 46.2 Å². The third kappa shape index (κ3) is 3.45. The van der Waals surface area contributed by atoms with Crippen LogP contribution in [0.3, 0.4) is 0 Å². The summed E-state index contributed by atoms with van der Waals surface area (Å²) >= 11 is 0. The topological polar surface area (TPSA) is 49.8 Å². The fraction of sp³-hybridized carbons (Fsp3) is 0.667. The molecule has 1 aromatic heterocycles. The maximum Gasteiger partial charge on any atom is 0.131 e. The number of rotatable bonds is 5. The number of nitrogens with one attached hydrogen (secondary N) is 2. The molecule has 0 aromatic carbocycles. The minimum atomic E-state index is 0.365. The Labute approximate surface area is 97.9 Å². The smallest absolute Gasteiger partial charge is 0.131 e. The summed E-state index contributed by atoms with van der Waals surface area (Å²) in [4.78, 5) is 8.95. The molecule has 4 heteroatoms. The average Bonchev–Trinajstić information content (AvgIpc) is 2.20. The van der Waals surface area contributed by atoms with Gasteiger partial charge in [0.1, 0.15) is 5.82 Å². The predicted molar refractivity (Wildman–Crippen MR) is 67.6 cm³/mol. The van der Waals surface area contributed by atoms with E-state index in [1.807, 2.05) is 13.2 Å². The summed E-state index contributed by atoms with van der Waals surface area (Å²) in [6.07, 6.45) is 1.88. The molecule has 0 fully saturated rings. The monoisotopic (exact) mass is 222 g/mol. The summed E-state index contributed by atoms with van der Waals surface area (Å²) in [6.45, 7) is 9.19. The lowest BCUT2D eigenvalue weighted by molar-refractivity contribution is 0.724. The lowest BCUT2D eigenvalue weighted by atomic mass is 10.2. The molecule has 0 unspecified atom stereocenters. The molecule has 0 radical (unpaired) electrons. The third-order valence-electron chi connectivity index (χ3n) is 2.19. The van der Waals surface area contributed by atoms with Crippen LogP contribution in [-0.2, 0) is 6.54 Å². The first kappa shape index (κ1) is 12.9. The molecule has 1 rings (SSSR count). The minimum absolute atomic E-state index is 0.365. The highest BCUT2D eigenvalue weighted by Crippen LogP contribution is 2.16. The van der Waals surface area contributed by atoms with Crippen LogP contribution in [0.4, 0.5) is 5.69 Å². The van der Waals surface area contributed by atoms with Crippen LogP contribution in [0, 0.1) is 0 Å². The zero-order valence-electron chi connectivity index (χ0n) is 10.8. The Hall–Kier alpha value is -1.16. The molecule has 90 valence electrons. The Morgan fingerprint density at radius 2 is 1.94 bits per heavy atom. The maximum atomic E-state index is 4.58. The van der Waals surface area contributed by atoms with Gasteiger partial charge in [-0.15, -0.1) is 0 Å². The molecule has 0 bridgehead atoms. The summed E-state index contributed by atoms with van der Waals surface area (Å²) in [5, 5.41) is 6.49. The van der Waals surface area contributed by atoms with Crippen LogP contribution in [0.5, 0.6) is 0 Å². The van der Waals surface area contributed by atoms with Gasteiger partial charge < -0.3 is 10.6 Å². The third-order valence-corrected chi connectivity index (χ3v) is 2.19. The van der Waals surface area contributed by atoms with Crippen LogP contribution in [0.2, 0.25) is 0 Å². The molecule has 0 aliphatic heterocycles. The highest BCUT2D eigenvalue weighted by Gasteiger charge is 2.09. The highest BCUT2D eigenvalue weighted by atomic mass is 15.0. The first-order valence-corrected chi connectivity index (χ1v) is 5.81. The molecular weight excluding hydrogens is 200 g/mol. The van der Waals surface area contributed by atoms with Crippen molar-refractivity contribution in [3.8, 4) is 0 Å². The van der Waals surface area contributed by atoms with Crippen LogP contribution in [0.25, 0.3) is 0 Å². The number of hydrogen-bond acceptors (Lipinski definition) is 4. The average molecular weight is 222 g/mol. The summed E-state index contributed by atoms with van der Waals surface area (Å²) in [6, 6.07) is 0.393. The highest BCUT2D eigenvalue weighted by molar-refractivity contribution is 5.46. The molecular formula is C12H22N4. The van der Waals surface area contributed by atoms with Crippen molar-refractivity contribution in [3.63, 3.8) is 0 Å². The van der Waals surface area contributed by atoms with Crippen LogP contribution >= 0.6 is 0 Å². The summed E-state index contributed by atoms with van der Waals surface area (Å²) < 4.78 is 0. The normalized spacial score (nSPS) is 11.2. The number of hydrogen-bond donors (Lipinski definition) is 2. The first-order chi connectivity index (χ1) is 7.54. The standard InChI is InChI=1S/C12H22N4/c1-8(2)12-14-7-11(15-9(3)4)10(16-12)6-13-5/h7-9,13,15H,6H2,1-5H3. The van der Waals surface area contributed by atoms with E-state index < -0.39 is 0 Å². The predicted octanol–water partition coefficient (Wildman–Crippen LogP) is 2.14. The molecule has 1 aromatic rings. The lowest BCUT2D eigenvalue weighted by Gasteiger charge is -2.15. The Balaban J connectivity index is 2.99. The molecule has 0 aliphatic carbocycles. The van der Waals surface area contributed by atoms with Gasteiger partial charge in [0.05, 0.1) is 17.6 Å². The van der Waals surface area contributed by atoms with Crippen molar-refractivity contribution in [1.29, 1.82) is 0 Å². The molecule has 0 atom stereocenters. The van der Waals surface area contributed by atoms with Gasteiger partial charge in [-0.2, -0.15) is 0 Å². The molecule has 0 spiro atoms. The van der Waals surface area contributed by atoms with Crippen molar-refractivity contribution in [3.05, 3.63) is 17.7 Å². The van der Waals surface area contributed by atoms with Crippen LogP contribution < -0.4 is 10.6 Å². The van der Waals surface area contributed by atoms with Gasteiger partial charge in [0, 0.05) is 18.5 Å². The van der Waals surface area contributed by atoms with E-state index in [1.165, 1.54) is 0 Å². The van der Waals surface area contributed by atoms with E-state index in [1.54, 1.807) is 0 Å². The van der Waals surface area contributed by atoms with Crippen molar-refractivity contribution >= 4 is 5.69 Å². The Morgan fingerprint density at radius 3 is 2.44 bits per heavy atom. The van der Waals surface area contributed by atoms with E-state index in [4.69, 9.17) is 0 Å². The molecule has 0 saturated heterocycles. The van der Waals surface area contributed by atoms with Crippen molar-refractivity contribution < 1.29 is 0 Å². The number of aromatic nitrogens is 2. The van der Waals surface area contributed by atoms with Crippen molar-refractivity contribution in [1.82, 2.24) is 15.3 Å². The second kappa shape index (κ2) is 5.80. The lowest BCUT2D eigenvalue weighted by Crippen LogP contribution is -2.17. The molecule has 0 aliphatic rings. The van der Waals surface area contributed by atoms with Gasteiger partial charge in [0.2, 0.25) is 0 Å². The fourth-order valence-corrected chi connectivity index (χ4v) is 1.44. The van der Waals surface area contributed by atoms with Gasteiger partial charge in [-0.25, -0.2) is 9.97 Å². The number of nitrogens with zero attached hydrogens (tertiary/aromatic N) is 2. The fourth-order valence-electron chi connectivity index (χ4n) is 1.44. The Morgan fingerprint density at radius 1 is 1.25 bits per heavy atom. The van der Waals surface area contributed by atoms with E-state index in [2.05, 4.69) is 48.3 Å². The Kier molecular flexibility index (Phi) is 4.68. The van der Waals surface area contributed by atoms with E-state index in [0.29, 0.717) is 12.0 Å². The number of anilines is 1. The van der Waals surface area contributed by atoms with Gasteiger partial charge in [-0.1, -0.05) is 13.8 Å². The zero-order valence-corrected chi connectivity index (χ0v) is 10.8. The van der Waals surface area contributed by atoms with E-state index >= 15 is 0 Å². The quantitative estimate of drug-likeness (QED) is 0.801. The molecule has 4 nitrogen and oxygen atoms in total. The van der Waals surface area contributed by atoms with Gasteiger partial charge >= 0.3 is 0 Å². The second-order valence-electron chi connectivity index (χ2n) is 4.57. The van der Waals surface area contributed by atoms with Gasteiger partial charge in [0.15, 0.2) is 0 Å². The molecule has 2 N–H and O–H groups in total. The SMILES string of the molecule is CNCc1nc(C(C)C)ncc1NC(C)C. The Bertz CT molecular complexity index is 334. The van der Waals surface area contributed by atoms with Crippen LogP contribution in [0.1, 0.15) is 45.1 Å². The van der Waals surface area contributed by atoms with Crippen LogP contribution in [-0.4, -0.2) is 23.1 Å². The zero-order chi connectivity index (χ0) is 12.1. The summed E-state index contributed by atoms with van der Waals surface area (Å²) in [7, 11) is 1.93. The molecule has 0 amide bonds. The molecule has 0 saturated carbocycles. The summed E-state index contributed by atoms with van der Waals surface area (Å²) in [5.41, 5.74) is 2.06. The van der Waals surface area contributed by atoms with Gasteiger partial charge in [-0.05, 0) is 20.9 Å². The van der Waals surface area contributed by atoms with Gasteiger partial charge in [-0.3, -0.25) is 0 Å². The summed E-state index contributed by atoms with van der Waals surface area (Å²) in [5.74, 6) is 1.27. The molecule has 1 heterocycles. The van der Waals surface area contributed by atoms with E-state index in [-0.39, 0.29) is 0 Å². The second-order valence-corrected chi connectivity index (χ2v) is 4.57. The van der Waals surface area contributed by atoms with Gasteiger partial charge in [0.25, 0.3) is 0 Å². The van der Waals surface area contributed by atoms with Crippen molar-refractivity contribution in [2.24, 2.45) is 0 Å². The largest absolute Gasteiger partial charge is 0.380 e. The van der Waals surface area contributed by atoms with E-state index in [0.717, 1.165) is 23.8 Å².